The molecule has 5 heteroatoms. The molecule has 2 rings (SSSR count). The van der Waals surface area contributed by atoms with E-state index in [0.717, 1.165) is 5.69 Å². The third-order valence-electron chi connectivity index (χ3n) is 3.33. The molecule has 2 heterocycles. The Hall–Kier alpha value is -1.39. The third-order valence-corrected chi connectivity index (χ3v) is 3.33. The predicted molar refractivity (Wildman–Crippen MR) is 67.0 cm³/mol. The highest BCUT2D eigenvalue weighted by Crippen LogP contribution is 2.26. The summed E-state index contributed by atoms with van der Waals surface area (Å²) >= 11 is 0. The van der Waals surface area contributed by atoms with E-state index in [2.05, 4.69) is 5.10 Å². The molecule has 100 valence electrons. The van der Waals surface area contributed by atoms with Crippen LogP contribution in [0.25, 0.3) is 0 Å². The molecule has 1 aliphatic rings. The number of hydrogen-bond acceptors (Lipinski definition) is 2. The largest absolute Gasteiger partial charge is 0.335 e. The van der Waals surface area contributed by atoms with Crippen molar-refractivity contribution in [2.75, 3.05) is 6.54 Å². The van der Waals surface area contributed by atoms with Gasteiger partial charge in [0.05, 0.1) is 17.9 Å². The van der Waals surface area contributed by atoms with Crippen molar-refractivity contribution in [3.63, 3.8) is 0 Å². The Kier molecular flexibility index (Phi) is 3.41. The second kappa shape index (κ2) is 4.71. The first-order valence-corrected chi connectivity index (χ1v) is 6.41. The lowest BCUT2D eigenvalue weighted by atomic mass is 10.1. The van der Waals surface area contributed by atoms with E-state index in [1.54, 1.807) is 11.0 Å². The fraction of sp³-hybridized carbons (Fsp3) is 0.692. The lowest BCUT2D eigenvalue weighted by Gasteiger charge is -2.25. The number of carbonyl (C=O) groups is 1. The highest BCUT2D eigenvalue weighted by Gasteiger charge is 2.30. The van der Waals surface area contributed by atoms with Crippen molar-refractivity contribution in [1.82, 2.24) is 14.7 Å². The van der Waals surface area contributed by atoms with Gasteiger partial charge in [-0.15, -0.1) is 0 Å². The molecule has 0 N–H and O–H groups in total. The SMILES string of the molecule is CC(C)c1cc2n(n1)CC(=O)N(C(C)C)CC2F. The van der Waals surface area contributed by atoms with Gasteiger partial charge in [-0.3, -0.25) is 9.48 Å². The lowest BCUT2D eigenvalue weighted by Crippen LogP contribution is -2.39. The molecule has 18 heavy (non-hydrogen) atoms. The van der Waals surface area contributed by atoms with Gasteiger partial charge in [-0.1, -0.05) is 13.8 Å². The fourth-order valence-electron chi connectivity index (χ4n) is 2.20. The summed E-state index contributed by atoms with van der Waals surface area (Å²) in [6, 6.07) is 1.80. The molecule has 0 aromatic carbocycles. The predicted octanol–water partition coefficient (Wildman–Crippen LogP) is 2.27. The van der Waals surface area contributed by atoms with Crippen LogP contribution in [0.3, 0.4) is 0 Å². The van der Waals surface area contributed by atoms with Crippen molar-refractivity contribution < 1.29 is 9.18 Å². The van der Waals surface area contributed by atoms with Gasteiger partial charge in [0, 0.05) is 6.04 Å². The normalized spacial score (nSPS) is 20.5. The van der Waals surface area contributed by atoms with Crippen molar-refractivity contribution in [2.24, 2.45) is 0 Å². The van der Waals surface area contributed by atoms with E-state index in [1.165, 1.54) is 4.68 Å². The zero-order valence-corrected chi connectivity index (χ0v) is 11.4. The average Bonchev–Trinajstić information content (AvgIpc) is 2.64. The monoisotopic (exact) mass is 253 g/mol. The summed E-state index contributed by atoms with van der Waals surface area (Å²) in [4.78, 5) is 13.6. The fourth-order valence-corrected chi connectivity index (χ4v) is 2.20. The molecule has 1 atom stereocenters. The van der Waals surface area contributed by atoms with Crippen LogP contribution in [0.2, 0.25) is 0 Å². The number of rotatable bonds is 2. The first-order valence-electron chi connectivity index (χ1n) is 6.41. The van der Waals surface area contributed by atoms with Gasteiger partial charge in [-0.2, -0.15) is 5.10 Å². The Bertz CT molecular complexity index is 453. The molecule has 1 aromatic rings. The number of halogens is 1. The second-order valence-electron chi connectivity index (χ2n) is 5.41. The summed E-state index contributed by atoms with van der Waals surface area (Å²) in [6.07, 6.45) is -1.15. The summed E-state index contributed by atoms with van der Waals surface area (Å²) < 4.78 is 15.8. The van der Waals surface area contributed by atoms with Crippen LogP contribution in [-0.4, -0.2) is 33.2 Å². The summed E-state index contributed by atoms with van der Waals surface area (Å²) in [5, 5.41) is 4.33. The zero-order valence-electron chi connectivity index (χ0n) is 11.4. The Labute approximate surface area is 107 Å². The smallest absolute Gasteiger partial charge is 0.244 e. The van der Waals surface area contributed by atoms with Crippen molar-refractivity contribution in [1.29, 1.82) is 0 Å². The molecule has 4 nitrogen and oxygen atoms in total. The summed E-state index contributed by atoms with van der Waals surface area (Å²) in [5.74, 6) is 0.178. The molecule has 0 fully saturated rings. The topological polar surface area (TPSA) is 38.1 Å². The van der Waals surface area contributed by atoms with Gasteiger partial charge in [0.1, 0.15) is 6.54 Å². The maximum Gasteiger partial charge on any atom is 0.244 e. The van der Waals surface area contributed by atoms with Crippen molar-refractivity contribution in [3.8, 4) is 0 Å². The molecule has 1 unspecified atom stereocenters. The summed E-state index contributed by atoms with van der Waals surface area (Å²) in [5.41, 5.74) is 1.37. The number of nitrogens with zero attached hydrogens (tertiary/aromatic N) is 3. The molecule has 0 bridgehead atoms. The summed E-state index contributed by atoms with van der Waals surface area (Å²) in [6.45, 7) is 8.09. The Balaban J connectivity index is 2.33. The molecule has 1 amide bonds. The van der Waals surface area contributed by atoms with E-state index in [-0.39, 0.29) is 31.0 Å². The average molecular weight is 253 g/mol. The van der Waals surface area contributed by atoms with E-state index < -0.39 is 6.17 Å². The van der Waals surface area contributed by atoms with Gasteiger partial charge >= 0.3 is 0 Å². The number of aromatic nitrogens is 2. The number of hydrogen-bond donors (Lipinski definition) is 0. The molecule has 0 saturated heterocycles. The van der Waals surface area contributed by atoms with Crippen molar-refractivity contribution >= 4 is 5.91 Å². The number of alkyl halides is 1. The third kappa shape index (κ3) is 2.26. The number of carbonyl (C=O) groups excluding carboxylic acids is 1. The number of fused-ring (bicyclic) bond motifs is 1. The zero-order chi connectivity index (χ0) is 13.4. The van der Waals surface area contributed by atoms with Crippen molar-refractivity contribution in [3.05, 3.63) is 17.5 Å². The van der Waals surface area contributed by atoms with Gasteiger partial charge in [0.15, 0.2) is 6.17 Å². The van der Waals surface area contributed by atoms with Crippen LogP contribution in [0.4, 0.5) is 4.39 Å². The van der Waals surface area contributed by atoms with Gasteiger partial charge < -0.3 is 4.90 Å². The van der Waals surface area contributed by atoms with Gasteiger partial charge in [0.2, 0.25) is 5.91 Å². The second-order valence-corrected chi connectivity index (χ2v) is 5.41. The van der Waals surface area contributed by atoms with E-state index in [0.29, 0.717) is 5.69 Å². The van der Waals surface area contributed by atoms with E-state index >= 15 is 0 Å². The Morgan fingerprint density at radius 2 is 2.06 bits per heavy atom. The molecular formula is C13H20FN3O. The first kappa shape index (κ1) is 13.1. The highest BCUT2D eigenvalue weighted by molar-refractivity contribution is 5.76. The van der Waals surface area contributed by atoms with Crippen LogP contribution in [0.5, 0.6) is 0 Å². The minimum absolute atomic E-state index is 0.0184. The molecule has 1 aliphatic heterocycles. The van der Waals surface area contributed by atoms with Crippen LogP contribution in [0, 0.1) is 0 Å². The summed E-state index contributed by atoms with van der Waals surface area (Å²) in [7, 11) is 0. The molecule has 0 spiro atoms. The van der Waals surface area contributed by atoms with Crippen LogP contribution >= 0.6 is 0 Å². The van der Waals surface area contributed by atoms with E-state index in [9.17, 15) is 9.18 Å². The lowest BCUT2D eigenvalue weighted by molar-refractivity contribution is -0.133. The number of amides is 1. The minimum Gasteiger partial charge on any atom is -0.335 e. The quantitative estimate of drug-likeness (QED) is 0.811. The van der Waals surface area contributed by atoms with Crippen LogP contribution in [-0.2, 0) is 11.3 Å². The molecular weight excluding hydrogens is 233 g/mol. The van der Waals surface area contributed by atoms with Crippen LogP contribution in [0.1, 0.15) is 51.2 Å². The standard InChI is InChI=1S/C13H20FN3O/c1-8(2)11-5-12-10(14)6-16(9(3)4)13(18)7-17(12)15-11/h5,8-10H,6-7H2,1-4H3. The van der Waals surface area contributed by atoms with Gasteiger partial charge in [-0.25, -0.2) is 4.39 Å². The Morgan fingerprint density at radius 3 is 2.61 bits per heavy atom. The van der Waals surface area contributed by atoms with Crippen molar-refractivity contribution in [2.45, 2.75) is 52.4 Å². The highest BCUT2D eigenvalue weighted by atomic mass is 19.1. The van der Waals surface area contributed by atoms with E-state index in [4.69, 9.17) is 0 Å². The van der Waals surface area contributed by atoms with E-state index in [1.807, 2.05) is 27.7 Å². The Morgan fingerprint density at radius 1 is 1.39 bits per heavy atom. The molecule has 0 aliphatic carbocycles. The minimum atomic E-state index is -1.15. The van der Waals surface area contributed by atoms with Gasteiger partial charge in [0.25, 0.3) is 0 Å². The molecule has 1 aromatic heterocycles. The first-order chi connectivity index (χ1) is 8.40. The van der Waals surface area contributed by atoms with Crippen LogP contribution < -0.4 is 0 Å². The maximum atomic E-state index is 14.2. The van der Waals surface area contributed by atoms with Gasteiger partial charge in [-0.05, 0) is 25.8 Å². The maximum absolute atomic E-state index is 14.2. The van der Waals surface area contributed by atoms with Crippen LogP contribution in [0.15, 0.2) is 6.07 Å². The molecule has 0 radical (unpaired) electrons. The molecule has 0 saturated carbocycles.